The number of halogens is 1. The first-order chi connectivity index (χ1) is 6.66. The van der Waals surface area contributed by atoms with Gasteiger partial charge >= 0.3 is 0 Å². The predicted octanol–water partition coefficient (Wildman–Crippen LogP) is 1.09. The van der Waals surface area contributed by atoms with E-state index in [1.165, 1.54) is 6.07 Å². The summed E-state index contributed by atoms with van der Waals surface area (Å²) in [6, 6.07) is 4.93. The summed E-state index contributed by atoms with van der Waals surface area (Å²) in [6.45, 7) is 2.44. The smallest absolute Gasteiger partial charge is 0.189 e. The quantitative estimate of drug-likeness (QED) is 0.701. The van der Waals surface area contributed by atoms with Crippen molar-refractivity contribution in [3.05, 3.63) is 35.1 Å². The maximum Gasteiger partial charge on any atom is 0.189 e. The molecule has 0 spiro atoms. The molecule has 2 rings (SSSR count). The van der Waals surface area contributed by atoms with E-state index in [9.17, 15) is 4.39 Å². The van der Waals surface area contributed by atoms with E-state index in [1.54, 1.807) is 6.07 Å². The summed E-state index contributed by atoms with van der Waals surface area (Å²) in [5.41, 5.74) is 7.14. The second-order valence-electron chi connectivity index (χ2n) is 3.45. The number of aliphatic imine (C=N–C) groups is 1. The van der Waals surface area contributed by atoms with Crippen molar-refractivity contribution in [3.8, 4) is 0 Å². The summed E-state index contributed by atoms with van der Waals surface area (Å²) in [4.78, 5) is 3.98. The van der Waals surface area contributed by atoms with Crippen LogP contribution in [0.3, 0.4) is 0 Å². The van der Waals surface area contributed by atoms with Crippen LogP contribution in [0, 0.1) is 12.7 Å². The fourth-order valence-electron chi connectivity index (χ4n) is 1.57. The van der Waals surface area contributed by atoms with E-state index in [-0.39, 0.29) is 11.9 Å². The third kappa shape index (κ3) is 1.55. The monoisotopic (exact) mass is 193 g/mol. The van der Waals surface area contributed by atoms with Gasteiger partial charge in [-0.25, -0.2) is 4.39 Å². The molecule has 14 heavy (non-hydrogen) atoms. The van der Waals surface area contributed by atoms with Crippen LogP contribution in [-0.4, -0.2) is 12.5 Å². The molecule has 0 amide bonds. The number of nitrogens with one attached hydrogen (secondary N) is 1. The Morgan fingerprint density at radius 3 is 3.00 bits per heavy atom. The standard InChI is InChI=1S/C10H12FN3/c1-6-2-3-8(11)7(4-6)9-5-13-10(12)14-9/h2-4,9H,5H2,1H3,(H3,12,13,14). The summed E-state index contributed by atoms with van der Waals surface area (Å²) < 4.78 is 13.4. The van der Waals surface area contributed by atoms with Gasteiger partial charge in [-0.15, -0.1) is 0 Å². The Kier molecular flexibility index (Phi) is 2.11. The molecule has 1 aliphatic rings. The third-order valence-electron chi connectivity index (χ3n) is 2.29. The predicted molar refractivity (Wildman–Crippen MR) is 53.5 cm³/mol. The van der Waals surface area contributed by atoms with Crippen molar-refractivity contribution in [1.29, 1.82) is 0 Å². The number of rotatable bonds is 1. The zero-order chi connectivity index (χ0) is 10.1. The molecule has 1 unspecified atom stereocenters. The van der Waals surface area contributed by atoms with Crippen molar-refractivity contribution in [1.82, 2.24) is 5.32 Å². The highest BCUT2D eigenvalue weighted by molar-refractivity contribution is 5.80. The number of guanidine groups is 1. The third-order valence-corrected chi connectivity index (χ3v) is 2.29. The van der Waals surface area contributed by atoms with Gasteiger partial charge in [0, 0.05) is 5.56 Å². The van der Waals surface area contributed by atoms with Gasteiger partial charge in [-0.1, -0.05) is 17.7 Å². The Labute approximate surface area is 81.8 Å². The van der Waals surface area contributed by atoms with Crippen LogP contribution in [0.2, 0.25) is 0 Å². The van der Waals surface area contributed by atoms with Crippen molar-refractivity contribution in [2.45, 2.75) is 13.0 Å². The molecule has 3 nitrogen and oxygen atoms in total. The molecule has 0 aliphatic carbocycles. The molecule has 1 heterocycles. The lowest BCUT2D eigenvalue weighted by molar-refractivity contribution is 0.576. The van der Waals surface area contributed by atoms with Crippen LogP contribution in [-0.2, 0) is 0 Å². The molecule has 0 aromatic heterocycles. The summed E-state index contributed by atoms with van der Waals surface area (Å²) in [6.07, 6.45) is 0. The molecule has 0 saturated carbocycles. The highest BCUT2D eigenvalue weighted by Gasteiger charge is 2.20. The number of nitrogens with two attached hydrogens (primary N) is 1. The molecular weight excluding hydrogens is 181 g/mol. The fourth-order valence-corrected chi connectivity index (χ4v) is 1.57. The van der Waals surface area contributed by atoms with Gasteiger partial charge in [-0.2, -0.15) is 0 Å². The van der Waals surface area contributed by atoms with Gasteiger partial charge in [0.1, 0.15) is 5.82 Å². The first-order valence-electron chi connectivity index (χ1n) is 4.49. The average molecular weight is 193 g/mol. The highest BCUT2D eigenvalue weighted by Crippen LogP contribution is 2.20. The minimum absolute atomic E-state index is 0.116. The minimum Gasteiger partial charge on any atom is -0.370 e. The fraction of sp³-hybridized carbons (Fsp3) is 0.300. The molecule has 1 aromatic carbocycles. The van der Waals surface area contributed by atoms with Gasteiger partial charge in [0.15, 0.2) is 5.96 Å². The first kappa shape index (κ1) is 8.99. The molecule has 0 bridgehead atoms. The molecular formula is C10H12FN3. The van der Waals surface area contributed by atoms with E-state index in [0.29, 0.717) is 18.1 Å². The van der Waals surface area contributed by atoms with E-state index < -0.39 is 0 Å². The minimum atomic E-state index is -0.210. The lowest BCUT2D eigenvalue weighted by atomic mass is 10.0. The van der Waals surface area contributed by atoms with Crippen molar-refractivity contribution in [2.75, 3.05) is 6.54 Å². The summed E-state index contributed by atoms with van der Waals surface area (Å²) in [5, 5.41) is 2.93. The Hall–Kier alpha value is -1.58. The van der Waals surface area contributed by atoms with Gasteiger partial charge < -0.3 is 11.1 Å². The molecule has 1 aromatic rings. The molecule has 3 N–H and O–H groups in total. The highest BCUT2D eigenvalue weighted by atomic mass is 19.1. The van der Waals surface area contributed by atoms with Crippen molar-refractivity contribution < 1.29 is 4.39 Å². The Morgan fingerprint density at radius 1 is 1.57 bits per heavy atom. The molecule has 1 aliphatic heterocycles. The Morgan fingerprint density at radius 2 is 2.36 bits per heavy atom. The molecule has 1 atom stereocenters. The topological polar surface area (TPSA) is 50.4 Å². The van der Waals surface area contributed by atoms with Crippen molar-refractivity contribution in [3.63, 3.8) is 0 Å². The molecule has 74 valence electrons. The number of benzene rings is 1. The van der Waals surface area contributed by atoms with Crippen LogP contribution in [0.15, 0.2) is 23.2 Å². The lowest BCUT2D eigenvalue weighted by Gasteiger charge is -2.12. The van der Waals surface area contributed by atoms with Gasteiger partial charge in [0.2, 0.25) is 0 Å². The van der Waals surface area contributed by atoms with E-state index in [2.05, 4.69) is 10.3 Å². The maximum atomic E-state index is 13.4. The number of aryl methyl sites for hydroxylation is 1. The Bertz CT molecular complexity index is 387. The van der Waals surface area contributed by atoms with Crippen molar-refractivity contribution in [2.24, 2.45) is 10.7 Å². The normalized spacial score (nSPS) is 20.4. The van der Waals surface area contributed by atoms with Crippen LogP contribution in [0.4, 0.5) is 4.39 Å². The van der Waals surface area contributed by atoms with E-state index in [1.807, 2.05) is 13.0 Å². The Balaban J connectivity index is 2.28. The molecule has 0 saturated heterocycles. The average Bonchev–Trinajstić information content (AvgIpc) is 2.56. The summed E-state index contributed by atoms with van der Waals surface area (Å²) in [5.74, 6) is 0.175. The van der Waals surface area contributed by atoms with Crippen LogP contribution >= 0.6 is 0 Å². The summed E-state index contributed by atoms with van der Waals surface area (Å²) >= 11 is 0. The maximum absolute atomic E-state index is 13.4. The largest absolute Gasteiger partial charge is 0.370 e. The first-order valence-corrected chi connectivity index (χ1v) is 4.49. The second kappa shape index (κ2) is 3.29. The molecule has 4 heteroatoms. The van der Waals surface area contributed by atoms with Crippen LogP contribution in [0.5, 0.6) is 0 Å². The molecule has 0 fully saturated rings. The number of hydrogen-bond acceptors (Lipinski definition) is 3. The van der Waals surface area contributed by atoms with Crippen LogP contribution in [0.25, 0.3) is 0 Å². The van der Waals surface area contributed by atoms with E-state index >= 15 is 0 Å². The lowest BCUT2D eigenvalue weighted by Crippen LogP contribution is -2.30. The van der Waals surface area contributed by atoms with E-state index in [0.717, 1.165) is 5.56 Å². The van der Waals surface area contributed by atoms with Crippen LogP contribution < -0.4 is 11.1 Å². The second-order valence-corrected chi connectivity index (χ2v) is 3.45. The van der Waals surface area contributed by atoms with Crippen molar-refractivity contribution >= 4 is 5.96 Å². The van der Waals surface area contributed by atoms with Gasteiger partial charge in [0.05, 0.1) is 12.6 Å². The molecule has 0 radical (unpaired) electrons. The van der Waals surface area contributed by atoms with Gasteiger partial charge in [0.25, 0.3) is 0 Å². The zero-order valence-corrected chi connectivity index (χ0v) is 7.92. The SMILES string of the molecule is Cc1ccc(F)c(C2CN=C(N)N2)c1. The van der Waals surface area contributed by atoms with E-state index in [4.69, 9.17) is 5.73 Å². The summed E-state index contributed by atoms with van der Waals surface area (Å²) in [7, 11) is 0. The zero-order valence-electron chi connectivity index (χ0n) is 7.92. The number of hydrogen-bond donors (Lipinski definition) is 2. The van der Waals surface area contributed by atoms with Gasteiger partial charge in [-0.05, 0) is 13.0 Å². The van der Waals surface area contributed by atoms with Crippen LogP contribution in [0.1, 0.15) is 17.2 Å². The van der Waals surface area contributed by atoms with Gasteiger partial charge in [-0.3, -0.25) is 4.99 Å². The number of nitrogens with zero attached hydrogens (tertiary/aromatic N) is 1.